The molecule has 17 heavy (non-hydrogen) atoms. The molecule has 1 rings (SSSR count). The van der Waals surface area contributed by atoms with Crippen molar-refractivity contribution in [1.29, 1.82) is 0 Å². The van der Waals surface area contributed by atoms with Gasteiger partial charge >= 0.3 is 12.1 Å². The molecule has 0 spiro atoms. The highest BCUT2D eigenvalue weighted by atomic mass is 35.5. The molecule has 1 aromatic carbocycles. The Morgan fingerprint density at radius 1 is 1.29 bits per heavy atom. The summed E-state index contributed by atoms with van der Waals surface area (Å²) >= 11 is 5.87. The van der Waals surface area contributed by atoms with E-state index in [4.69, 9.17) is 16.7 Å². The predicted molar refractivity (Wildman–Crippen MR) is 56.9 cm³/mol. The van der Waals surface area contributed by atoms with Gasteiger partial charge in [0.05, 0.1) is 10.9 Å². The van der Waals surface area contributed by atoms with E-state index in [1.165, 1.54) is 12.1 Å². The van der Waals surface area contributed by atoms with Gasteiger partial charge in [-0.15, -0.1) is 11.6 Å². The number of benzene rings is 1. The smallest absolute Gasteiger partial charge is 0.416 e. The van der Waals surface area contributed by atoms with Crippen LogP contribution >= 0.6 is 11.6 Å². The number of hydrogen-bond acceptors (Lipinski definition) is 1. The van der Waals surface area contributed by atoms with Gasteiger partial charge in [0.1, 0.15) is 0 Å². The Balaban J connectivity index is 2.70. The van der Waals surface area contributed by atoms with Gasteiger partial charge in [-0.3, -0.25) is 4.79 Å². The third-order valence-corrected chi connectivity index (χ3v) is 2.68. The molecule has 0 aromatic heterocycles. The summed E-state index contributed by atoms with van der Waals surface area (Å²) in [6.45, 7) is 0. The van der Waals surface area contributed by atoms with E-state index in [0.29, 0.717) is 5.56 Å². The van der Waals surface area contributed by atoms with Gasteiger partial charge in [0.2, 0.25) is 0 Å². The summed E-state index contributed by atoms with van der Waals surface area (Å²) in [7, 11) is 0. The van der Waals surface area contributed by atoms with Crippen LogP contribution in [0.3, 0.4) is 0 Å². The van der Waals surface area contributed by atoms with Crippen molar-refractivity contribution in [2.24, 2.45) is 0 Å². The van der Waals surface area contributed by atoms with Gasteiger partial charge in [-0.05, 0) is 24.1 Å². The summed E-state index contributed by atoms with van der Waals surface area (Å²) in [5.74, 6) is -0.984. The van der Waals surface area contributed by atoms with E-state index in [-0.39, 0.29) is 12.8 Å². The van der Waals surface area contributed by atoms with Crippen LogP contribution in [0.2, 0.25) is 0 Å². The van der Waals surface area contributed by atoms with Crippen LogP contribution in [0.15, 0.2) is 24.3 Å². The molecule has 6 heteroatoms. The molecule has 94 valence electrons. The van der Waals surface area contributed by atoms with Crippen molar-refractivity contribution < 1.29 is 23.1 Å². The zero-order valence-electron chi connectivity index (χ0n) is 8.67. The normalized spacial score (nSPS) is 13.4. The Labute approximate surface area is 101 Å². The molecule has 0 saturated heterocycles. The number of carboxylic acids is 1. The minimum absolute atomic E-state index is 0.116. The van der Waals surface area contributed by atoms with E-state index < -0.39 is 23.1 Å². The van der Waals surface area contributed by atoms with Crippen molar-refractivity contribution in [3.05, 3.63) is 35.4 Å². The number of carboxylic acid groups (broad SMARTS) is 1. The van der Waals surface area contributed by atoms with Crippen molar-refractivity contribution in [1.82, 2.24) is 0 Å². The summed E-state index contributed by atoms with van der Waals surface area (Å²) in [5.41, 5.74) is -0.260. The first-order chi connectivity index (χ1) is 7.80. The van der Waals surface area contributed by atoms with Crippen molar-refractivity contribution in [3.63, 3.8) is 0 Å². The maximum Gasteiger partial charge on any atom is 0.416 e. The highest BCUT2D eigenvalue weighted by Gasteiger charge is 2.30. The number of carbonyl (C=O) groups is 1. The molecule has 0 saturated carbocycles. The highest BCUT2D eigenvalue weighted by molar-refractivity contribution is 6.20. The summed E-state index contributed by atoms with van der Waals surface area (Å²) in [4.78, 5) is 10.3. The second-order valence-corrected chi connectivity index (χ2v) is 4.05. The Kier molecular flexibility index (Phi) is 4.40. The number of hydrogen-bond donors (Lipinski definition) is 1. The fraction of sp³-hybridized carbons (Fsp3) is 0.364. The number of rotatable bonds is 4. The monoisotopic (exact) mass is 266 g/mol. The van der Waals surface area contributed by atoms with Gasteiger partial charge in [0.15, 0.2) is 0 Å². The first-order valence-electron chi connectivity index (χ1n) is 4.83. The molecule has 1 unspecified atom stereocenters. The maximum absolute atomic E-state index is 12.3. The lowest BCUT2D eigenvalue weighted by atomic mass is 10.1. The molecule has 1 N–H and O–H groups in total. The summed E-state index contributed by atoms with van der Waals surface area (Å²) < 4.78 is 36.8. The average molecular weight is 267 g/mol. The Morgan fingerprint density at radius 2 is 1.82 bits per heavy atom. The van der Waals surface area contributed by atoms with Crippen LogP contribution in [0.5, 0.6) is 0 Å². The molecule has 1 aromatic rings. The number of alkyl halides is 4. The predicted octanol–water partition coefficient (Wildman–Crippen LogP) is 3.85. The van der Waals surface area contributed by atoms with Crippen molar-refractivity contribution in [2.75, 3.05) is 0 Å². The van der Waals surface area contributed by atoms with E-state index >= 15 is 0 Å². The maximum atomic E-state index is 12.3. The van der Waals surface area contributed by atoms with E-state index in [1.807, 2.05) is 0 Å². The summed E-state index contributed by atoms with van der Waals surface area (Å²) in [6.07, 6.45) is -4.31. The molecule has 0 aliphatic carbocycles. The first kappa shape index (κ1) is 13.8. The minimum Gasteiger partial charge on any atom is -0.481 e. The van der Waals surface area contributed by atoms with Crippen LogP contribution in [-0.4, -0.2) is 11.1 Å². The first-order valence-corrected chi connectivity index (χ1v) is 5.27. The zero-order valence-corrected chi connectivity index (χ0v) is 9.42. The zero-order chi connectivity index (χ0) is 13.1. The van der Waals surface area contributed by atoms with Crippen LogP contribution < -0.4 is 0 Å². The highest BCUT2D eigenvalue weighted by Crippen LogP contribution is 2.32. The second-order valence-electron chi connectivity index (χ2n) is 3.52. The largest absolute Gasteiger partial charge is 0.481 e. The topological polar surface area (TPSA) is 37.3 Å². The quantitative estimate of drug-likeness (QED) is 0.841. The molecule has 0 amide bonds. The molecule has 0 aliphatic heterocycles. The molecule has 0 aliphatic rings. The van der Waals surface area contributed by atoms with E-state index in [1.54, 1.807) is 0 Å². The molecule has 0 heterocycles. The third-order valence-electron chi connectivity index (χ3n) is 2.21. The Morgan fingerprint density at radius 3 is 2.24 bits per heavy atom. The van der Waals surface area contributed by atoms with Gasteiger partial charge in [-0.1, -0.05) is 12.1 Å². The lowest BCUT2D eigenvalue weighted by Gasteiger charge is -2.10. The number of aliphatic carboxylic acids is 1. The molecule has 0 radical (unpaired) electrons. The van der Waals surface area contributed by atoms with Crippen LogP contribution in [-0.2, 0) is 11.0 Å². The fourth-order valence-electron chi connectivity index (χ4n) is 1.30. The molecule has 1 atom stereocenters. The van der Waals surface area contributed by atoms with E-state index in [9.17, 15) is 18.0 Å². The lowest BCUT2D eigenvalue weighted by molar-refractivity contribution is -0.138. The number of halogens is 4. The van der Waals surface area contributed by atoms with Gasteiger partial charge in [-0.2, -0.15) is 13.2 Å². The van der Waals surface area contributed by atoms with Crippen molar-refractivity contribution in [3.8, 4) is 0 Å². The van der Waals surface area contributed by atoms with Gasteiger partial charge < -0.3 is 5.11 Å². The fourth-order valence-corrected chi connectivity index (χ4v) is 1.55. The Hall–Kier alpha value is -1.23. The Bertz CT molecular complexity index is 387. The van der Waals surface area contributed by atoms with E-state index in [2.05, 4.69) is 0 Å². The molecular weight excluding hydrogens is 257 g/mol. The standard InChI is InChI=1S/C11H10ClF3O2/c12-9(5-6-10(16)17)7-1-3-8(4-2-7)11(13,14)15/h1-4,9H,5-6H2,(H,16,17). The van der Waals surface area contributed by atoms with Gasteiger partial charge in [0.25, 0.3) is 0 Å². The molecular formula is C11H10ClF3O2. The lowest BCUT2D eigenvalue weighted by Crippen LogP contribution is -2.05. The second kappa shape index (κ2) is 5.40. The van der Waals surface area contributed by atoms with Gasteiger partial charge in [-0.25, -0.2) is 0 Å². The van der Waals surface area contributed by atoms with Crippen LogP contribution in [0.25, 0.3) is 0 Å². The van der Waals surface area contributed by atoms with Crippen LogP contribution in [0.1, 0.15) is 29.3 Å². The molecule has 2 nitrogen and oxygen atoms in total. The summed E-state index contributed by atoms with van der Waals surface area (Å²) in [6, 6.07) is 4.40. The third kappa shape index (κ3) is 4.26. The van der Waals surface area contributed by atoms with Crippen LogP contribution in [0.4, 0.5) is 13.2 Å². The minimum atomic E-state index is -4.37. The SMILES string of the molecule is O=C(O)CCC(Cl)c1ccc(C(F)(F)F)cc1. The van der Waals surface area contributed by atoms with Crippen molar-refractivity contribution in [2.45, 2.75) is 24.4 Å². The molecule has 0 fully saturated rings. The van der Waals surface area contributed by atoms with E-state index in [0.717, 1.165) is 12.1 Å². The average Bonchev–Trinajstić information content (AvgIpc) is 2.25. The van der Waals surface area contributed by atoms with Gasteiger partial charge in [0, 0.05) is 6.42 Å². The summed E-state index contributed by atoms with van der Waals surface area (Å²) in [5, 5.41) is 7.86. The van der Waals surface area contributed by atoms with Crippen LogP contribution in [0, 0.1) is 0 Å². The van der Waals surface area contributed by atoms with Crippen molar-refractivity contribution >= 4 is 17.6 Å². The molecule has 0 bridgehead atoms.